The van der Waals surface area contributed by atoms with Crippen LogP contribution in [0.2, 0.25) is 0 Å². The predicted octanol–water partition coefficient (Wildman–Crippen LogP) is 4.63. The number of nitrogens with one attached hydrogen (secondary N) is 1. The number of aromatic nitrogens is 1. The molecule has 1 fully saturated rings. The second-order valence-electron chi connectivity index (χ2n) is 7.67. The number of hydrogen-bond acceptors (Lipinski definition) is 4. The summed E-state index contributed by atoms with van der Waals surface area (Å²) >= 11 is 1.70. The second kappa shape index (κ2) is 8.13. The molecule has 0 radical (unpaired) electrons. The van der Waals surface area contributed by atoms with Gasteiger partial charge >= 0.3 is 0 Å². The number of thioether (sulfide) groups is 1. The second-order valence-corrected chi connectivity index (χ2v) is 8.64. The zero-order chi connectivity index (χ0) is 19.7. The summed E-state index contributed by atoms with van der Waals surface area (Å²) in [6, 6.07) is 8.52. The van der Waals surface area contributed by atoms with E-state index in [2.05, 4.69) is 67.1 Å². The van der Waals surface area contributed by atoms with Gasteiger partial charge in [0.05, 0.1) is 17.5 Å². The molecule has 2 aliphatic heterocycles. The molecule has 3 heterocycles. The van der Waals surface area contributed by atoms with E-state index >= 15 is 0 Å². The lowest BCUT2D eigenvalue weighted by atomic mass is 10.1. The number of hydrazone groups is 1. The zero-order valence-corrected chi connectivity index (χ0v) is 17.9. The average molecular weight is 397 g/mol. The van der Waals surface area contributed by atoms with Gasteiger partial charge in [-0.3, -0.25) is 5.43 Å². The van der Waals surface area contributed by atoms with Crippen molar-refractivity contribution in [3.63, 3.8) is 0 Å². The van der Waals surface area contributed by atoms with Crippen molar-refractivity contribution in [2.24, 2.45) is 10.1 Å². The molecule has 5 nitrogen and oxygen atoms in total. The average Bonchev–Trinajstić information content (AvgIpc) is 3.29. The van der Waals surface area contributed by atoms with Gasteiger partial charge in [0.15, 0.2) is 5.17 Å². The number of benzene rings is 1. The van der Waals surface area contributed by atoms with Crippen LogP contribution >= 0.6 is 11.8 Å². The molecule has 0 unspecified atom stereocenters. The van der Waals surface area contributed by atoms with Crippen LogP contribution in [0.1, 0.15) is 40.9 Å². The Kier molecular flexibility index (Phi) is 5.60. The van der Waals surface area contributed by atoms with Crippen LogP contribution in [0.3, 0.4) is 0 Å². The highest BCUT2D eigenvalue weighted by Crippen LogP contribution is 2.24. The molecule has 1 N–H and O–H groups in total. The summed E-state index contributed by atoms with van der Waals surface area (Å²) in [6.45, 7) is 10.4. The number of ether oxygens (including phenoxy) is 1. The third-order valence-corrected chi connectivity index (χ3v) is 6.52. The molecule has 0 amide bonds. The highest BCUT2D eigenvalue weighted by atomic mass is 32.2. The SMILES string of the molecule is Cc1ccc(N=C2NN=C(c3cc(C)n(C[C@H]4CCCO4)c3C)CS2)cc1C. The summed E-state index contributed by atoms with van der Waals surface area (Å²) in [5.74, 6) is 0.820. The first-order valence-corrected chi connectivity index (χ1v) is 10.9. The van der Waals surface area contributed by atoms with Crippen molar-refractivity contribution in [2.45, 2.75) is 53.2 Å². The summed E-state index contributed by atoms with van der Waals surface area (Å²) in [5.41, 5.74) is 11.5. The Hall–Kier alpha value is -2.05. The van der Waals surface area contributed by atoms with Gasteiger partial charge in [0.2, 0.25) is 0 Å². The van der Waals surface area contributed by atoms with Crippen LogP contribution in [0.5, 0.6) is 0 Å². The highest BCUT2D eigenvalue weighted by molar-refractivity contribution is 8.14. The molecule has 2 aliphatic rings. The number of rotatable bonds is 4. The predicted molar refractivity (Wildman–Crippen MR) is 118 cm³/mol. The van der Waals surface area contributed by atoms with Crippen LogP contribution in [0.15, 0.2) is 34.4 Å². The van der Waals surface area contributed by atoms with E-state index in [9.17, 15) is 0 Å². The molecule has 1 atom stereocenters. The molecule has 0 saturated carbocycles. The van der Waals surface area contributed by atoms with Gasteiger partial charge in [0, 0.05) is 35.9 Å². The largest absolute Gasteiger partial charge is 0.376 e. The number of aryl methyl sites for hydroxylation is 3. The smallest absolute Gasteiger partial charge is 0.182 e. The lowest BCUT2D eigenvalue weighted by Gasteiger charge is -2.17. The maximum atomic E-state index is 5.82. The van der Waals surface area contributed by atoms with Crippen molar-refractivity contribution < 1.29 is 4.74 Å². The fraction of sp³-hybridized carbons (Fsp3) is 0.455. The van der Waals surface area contributed by atoms with E-state index in [0.29, 0.717) is 6.10 Å². The molecule has 0 spiro atoms. The van der Waals surface area contributed by atoms with Crippen molar-refractivity contribution in [3.8, 4) is 0 Å². The van der Waals surface area contributed by atoms with Crippen LogP contribution < -0.4 is 5.43 Å². The number of amidine groups is 1. The Balaban J connectivity index is 1.50. The van der Waals surface area contributed by atoms with Gasteiger partial charge in [-0.05, 0) is 69.9 Å². The molecular formula is C22H28N4OS. The topological polar surface area (TPSA) is 50.9 Å². The van der Waals surface area contributed by atoms with Gasteiger partial charge in [-0.2, -0.15) is 5.10 Å². The molecule has 2 aromatic rings. The molecule has 1 saturated heterocycles. The molecule has 1 aromatic carbocycles. The lowest BCUT2D eigenvalue weighted by Crippen LogP contribution is -2.25. The van der Waals surface area contributed by atoms with Crippen LogP contribution in [-0.4, -0.2) is 33.9 Å². The fourth-order valence-corrected chi connectivity index (χ4v) is 4.56. The zero-order valence-electron chi connectivity index (χ0n) is 17.1. The van der Waals surface area contributed by atoms with E-state index in [0.717, 1.165) is 41.9 Å². The molecule has 4 rings (SSSR count). The molecular weight excluding hydrogens is 368 g/mol. The van der Waals surface area contributed by atoms with Crippen molar-refractivity contribution in [2.75, 3.05) is 12.4 Å². The van der Waals surface area contributed by atoms with Gasteiger partial charge in [-0.1, -0.05) is 17.8 Å². The van der Waals surface area contributed by atoms with Crippen molar-refractivity contribution in [1.29, 1.82) is 0 Å². The third kappa shape index (κ3) is 4.03. The first-order valence-electron chi connectivity index (χ1n) is 9.91. The van der Waals surface area contributed by atoms with Gasteiger partial charge < -0.3 is 9.30 Å². The molecule has 148 valence electrons. The molecule has 0 aliphatic carbocycles. The maximum absolute atomic E-state index is 5.82. The quantitative estimate of drug-likeness (QED) is 0.820. The summed E-state index contributed by atoms with van der Waals surface area (Å²) in [7, 11) is 0. The number of aliphatic imine (C=N–C) groups is 1. The van der Waals surface area contributed by atoms with Gasteiger partial charge in [0.25, 0.3) is 0 Å². The minimum Gasteiger partial charge on any atom is -0.376 e. The standard InChI is InChI=1S/C22H28N4OS/c1-14-7-8-18(10-15(14)2)23-22-25-24-21(13-28-22)20-11-16(3)26(17(20)4)12-19-6-5-9-27-19/h7-8,10-11,19H,5-6,9,12-13H2,1-4H3,(H,23,25)/t19-/m1/s1. The molecule has 28 heavy (non-hydrogen) atoms. The van der Waals surface area contributed by atoms with Gasteiger partial charge in [-0.15, -0.1) is 0 Å². The number of nitrogens with zero attached hydrogens (tertiary/aromatic N) is 3. The Labute approximate surface area is 171 Å². The summed E-state index contributed by atoms with van der Waals surface area (Å²) in [4.78, 5) is 4.70. The first kappa shape index (κ1) is 19.3. The van der Waals surface area contributed by atoms with Crippen molar-refractivity contribution in [3.05, 3.63) is 52.3 Å². The van der Waals surface area contributed by atoms with Crippen molar-refractivity contribution in [1.82, 2.24) is 9.99 Å². The van der Waals surface area contributed by atoms with E-state index in [1.54, 1.807) is 11.8 Å². The third-order valence-electron chi connectivity index (χ3n) is 5.65. The molecule has 6 heteroatoms. The molecule has 0 bridgehead atoms. The van der Waals surface area contributed by atoms with Crippen LogP contribution in [0.25, 0.3) is 0 Å². The van der Waals surface area contributed by atoms with Crippen molar-refractivity contribution >= 4 is 28.3 Å². The summed E-state index contributed by atoms with van der Waals surface area (Å²) in [6.07, 6.45) is 2.67. The Morgan fingerprint density at radius 3 is 2.75 bits per heavy atom. The molecule has 1 aromatic heterocycles. The van der Waals surface area contributed by atoms with Crippen LogP contribution in [0.4, 0.5) is 5.69 Å². The van der Waals surface area contributed by atoms with E-state index in [1.165, 1.54) is 34.5 Å². The van der Waals surface area contributed by atoms with Gasteiger partial charge in [0.1, 0.15) is 0 Å². The van der Waals surface area contributed by atoms with Crippen LogP contribution in [0, 0.1) is 27.7 Å². The lowest BCUT2D eigenvalue weighted by molar-refractivity contribution is 0.0962. The normalized spacial score (nSPS) is 21.1. The van der Waals surface area contributed by atoms with E-state index in [1.807, 2.05) is 0 Å². The van der Waals surface area contributed by atoms with E-state index in [-0.39, 0.29) is 0 Å². The van der Waals surface area contributed by atoms with E-state index in [4.69, 9.17) is 9.73 Å². The summed E-state index contributed by atoms with van der Waals surface area (Å²) < 4.78 is 8.20. The first-order chi connectivity index (χ1) is 13.5. The monoisotopic (exact) mass is 396 g/mol. The minimum absolute atomic E-state index is 0.343. The fourth-order valence-electron chi connectivity index (χ4n) is 3.79. The number of hydrogen-bond donors (Lipinski definition) is 1. The Morgan fingerprint density at radius 1 is 1.21 bits per heavy atom. The summed E-state index contributed by atoms with van der Waals surface area (Å²) in [5, 5.41) is 5.48. The minimum atomic E-state index is 0.343. The maximum Gasteiger partial charge on any atom is 0.182 e. The van der Waals surface area contributed by atoms with Crippen LogP contribution in [-0.2, 0) is 11.3 Å². The Bertz CT molecular complexity index is 938. The van der Waals surface area contributed by atoms with E-state index < -0.39 is 0 Å². The Morgan fingerprint density at radius 2 is 2.07 bits per heavy atom. The highest BCUT2D eigenvalue weighted by Gasteiger charge is 2.22. The van der Waals surface area contributed by atoms with Gasteiger partial charge in [-0.25, -0.2) is 4.99 Å².